The van der Waals surface area contributed by atoms with Crippen molar-refractivity contribution in [3.63, 3.8) is 0 Å². The van der Waals surface area contributed by atoms with Gasteiger partial charge in [0.1, 0.15) is 51.5 Å². The van der Waals surface area contributed by atoms with Crippen LogP contribution in [0.15, 0.2) is 61.4 Å². The lowest BCUT2D eigenvalue weighted by Gasteiger charge is -2.38. The Morgan fingerprint density at radius 1 is 0.514 bits per heavy atom. The second-order valence-electron chi connectivity index (χ2n) is 32.8. The van der Waals surface area contributed by atoms with Crippen LogP contribution in [-0.4, -0.2) is 251 Å². The number of rotatable bonds is 44. The van der Waals surface area contributed by atoms with Crippen molar-refractivity contribution in [2.24, 2.45) is 0 Å². The van der Waals surface area contributed by atoms with Crippen molar-refractivity contribution in [3.05, 3.63) is 85.7 Å². The van der Waals surface area contributed by atoms with E-state index in [9.17, 15) is 14.4 Å². The average molecular weight is 1840 g/mol. The third kappa shape index (κ3) is 27.7. The number of anilines is 2. The minimum Gasteiger partial charge on any atom is -0.461 e. The fourth-order valence-corrected chi connectivity index (χ4v) is 17.9. The Morgan fingerprint density at radius 3 is 1.20 bits per heavy atom. The summed E-state index contributed by atoms with van der Waals surface area (Å²) < 4.78 is 75.8. The Hall–Kier alpha value is -5.19. The Balaban J connectivity index is 0.000000341. The van der Waals surface area contributed by atoms with Crippen LogP contribution in [0.1, 0.15) is 85.1 Å². The SMILES string of the molecule is COCCOC(=O)C1(OCCOC)CCC(c2nc3c(-c4ccc(-c5ncc[nH]5)nc4)cnn3c(N(COCC[Si](C)(C)C)COCC[Si](C)(C)C)c2I)CC1.COCCOC(=O)C1(OCCOC)CCC(c2nc3c(-c4ccc(C=O)nc4)cnn3c(N(COCC[Si](C)(C)C)COCC[Si](C)(C)C)c2I)CC1.N.O. The zero-order valence-corrected chi connectivity index (χ0v) is 76.6. The maximum Gasteiger partial charge on any atom is 0.338 e. The number of H-pyrrole nitrogens is 1. The largest absolute Gasteiger partial charge is 0.461 e. The fourth-order valence-electron chi connectivity index (χ4n) is 12.6. The Bertz CT molecular complexity index is 3910. The molecule has 29 nitrogen and oxygen atoms in total. The molecule has 2 fully saturated rings. The minimum atomic E-state index is -1.31. The zero-order valence-electron chi connectivity index (χ0n) is 68.3. The molecule has 111 heavy (non-hydrogen) atoms. The summed E-state index contributed by atoms with van der Waals surface area (Å²) in [5.74, 6) is 1.74. The van der Waals surface area contributed by atoms with Gasteiger partial charge in [0.15, 0.2) is 46.2 Å². The van der Waals surface area contributed by atoms with Crippen LogP contribution in [0.5, 0.6) is 0 Å². The fraction of sp³-hybridized carbons (Fsp3) is 0.632. The van der Waals surface area contributed by atoms with Gasteiger partial charge in [-0.3, -0.25) is 14.8 Å². The van der Waals surface area contributed by atoms with E-state index in [2.05, 4.69) is 148 Å². The number of methoxy groups -OCH3 is 4. The third-order valence-corrected chi connectivity index (χ3v) is 28.2. The first kappa shape index (κ1) is 94.7. The monoisotopic (exact) mass is 1840 g/mol. The number of fused-ring (bicyclic) bond motifs is 2. The standard InChI is InChI=1S/C39H60IN7O7Si2.C37H58IN5O8Si2.H3N.H2O/c1-49-17-19-53-38(48)39(54-20-18-50-2)13-11-29(12-14-39)34-33(40)37(46(27-51-21-23-55(3,4)5)28-52-22-24-56(6,7)8)47-36(45-34)31(26-44-47)30-9-10-32(43-25-30)35-41-15-16-42-35;1-46-15-17-50-36(45)37(51-18-16-47-2)13-11-28(12-14-37)33-32(38)35(42(26-48-19-21-52(3,4)5)27-49-20-22-53(6,7)8)43-34(41-33)31(24-40-43)29-9-10-30(25-44)39-23-29;;/h9-10,15-16,25-26,29H,11-14,17-24,27-28H2,1-8H3,(H,41,42);9-10,23-25,28H,11-22,26-27H2,1-8H3;1H3;1H2. The van der Waals surface area contributed by atoms with Gasteiger partial charge in [-0.05, 0) is 133 Å². The number of imidazole rings is 1. The predicted octanol–water partition coefficient (Wildman–Crippen LogP) is 13.7. The first-order valence-electron chi connectivity index (χ1n) is 37.9. The van der Waals surface area contributed by atoms with Gasteiger partial charge in [0.2, 0.25) is 0 Å². The van der Waals surface area contributed by atoms with Crippen molar-refractivity contribution in [2.75, 3.05) is 144 Å². The molecule has 0 bridgehead atoms. The maximum absolute atomic E-state index is 13.5. The number of nitrogens with one attached hydrogen (secondary N) is 1. The third-order valence-electron chi connectivity index (χ3n) is 19.3. The van der Waals surface area contributed by atoms with Crippen molar-refractivity contribution < 1.29 is 76.7 Å². The van der Waals surface area contributed by atoms with E-state index in [1.54, 1.807) is 59.3 Å². The summed E-state index contributed by atoms with van der Waals surface area (Å²) in [6, 6.07) is 11.8. The van der Waals surface area contributed by atoms with Gasteiger partial charge >= 0.3 is 11.9 Å². The first-order valence-corrected chi connectivity index (χ1v) is 54.9. The number of ether oxygens (including phenoxy) is 12. The number of pyridine rings is 2. The number of hydrogen-bond donors (Lipinski definition) is 2. The predicted molar refractivity (Wildman–Crippen MR) is 460 cm³/mol. The van der Waals surface area contributed by atoms with E-state index in [1.165, 1.54) is 0 Å². The molecule has 0 aliphatic heterocycles. The number of hydrogen-bond acceptors (Lipinski definition) is 25. The first-order chi connectivity index (χ1) is 52.0. The number of nitrogens with zero attached hydrogens (tertiary/aromatic N) is 11. The number of carbonyl (C=O) groups excluding carboxylic acids is 3. The van der Waals surface area contributed by atoms with Gasteiger partial charge in [-0.15, -0.1) is 0 Å². The summed E-state index contributed by atoms with van der Waals surface area (Å²) in [5, 5.41) is 9.83. The van der Waals surface area contributed by atoms with Gasteiger partial charge in [-0.25, -0.2) is 24.5 Å². The van der Waals surface area contributed by atoms with Crippen LogP contribution in [0.25, 0.3) is 45.1 Å². The lowest BCUT2D eigenvalue weighted by molar-refractivity contribution is -0.181. The lowest BCUT2D eigenvalue weighted by Crippen LogP contribution is -2.46. The Labute approximate surface area is 686 Å². The molecule has 6 N–H and O–H groups in total. The van der Waals surface area contributed by atoms with E-state index >= 15 is 0 Å². The zero-order chi connectivity index (χ0) is 79.0. The highest BCUT2D eigenvalue weighted by Crippen LogP contribution is 2.46. The van der Waals surface area contributed by atoms with Crippen LogP contribution in [0.2, 0.25) is 103 Å². The number of esters is 2. The molecule has 0 aromatic carbocycles. The van der Waals surface area contributed by atoms with Gasteiger partial charge in [0.05, 0.1) is 70.6 Å². The van der Waals surface area contributed by atoms with E-state index in [0.29, 0.717) is 161 Å². The molecule has 0 radical (unpaired) electrons. The molecule has 2 saturated carbocycles. The lowest BCUT2D eigenvalue weighted by atomic mass is 9.77. The van der Waals surface area contributed by atoms with E-state index < -0.39 is 43.5 Å². The summed E-state index contributed by atoms with van der Waals surface area (Å²) in [6.45, 7) is 34.5. The van der Waals surface area contributed by atoms with Gasteiger partial charge < -0.3 is 83.3 Å². The molecule has 0 saturated heterocycles. The Kier molecular flexibility index (Phi) is 38.2. The van der Waals surface area contributed by atoms with Gasteiger partial charge in [0, 0.05) is 146 Å². The molecule has 0 unspecified atom stereocenters. The van der Waals surface area contributed by atoms with Crippen molar-refractivity contribution in [1.82, 2.24) is 55.3 Å². The number of aldehydes is 1. The maximum atomic E-state index is 13.5. The number of halogens is 2. The van der Waals surface area contributed by atoms with Gasteiger partial charge in [0.25, 0.3) is 0 Å². The van der Waals surface area contributed by atoms with Crippen LogP contribution in [0, 0.1) is 7.14 Å². The highest BCUT2D eigenvalue weighted by atomic mass is 127. The molecule has 35 heteroatoms. The topological polar surface area (TPSA) is 350 Å². The molecule has 7 aromatic heterocycles. The summed E-state index contributed by atoms with van der Waals surface area (Å²) >= 11 is 4.82. The number of aromatic amines is 1. The second kappa shape index (κ2) is 44.8. The molecule has 9 rings (SSSR count). The Morgan fingerprint density at radius 2 is 0.883 bits per heavy atom. The van der Waals surface area contributed by atoms with Crippen molar-refractivity contribution in [2.45, 2.75) is 177 Å². The molecule has 618 valence electrons. The number of aromatic nitrogens is 10. The summed E-state index contributed by atoms with van der Waals surface area (Å²) in [5.41, 5.74) is 5.54. The highest BCUT2D eigenvalue weighted by Gasteiger charge is 2.47. The van der Waals surface area contributed by atoms with E-state index in [1.807, 2.05) is 39.6 Å². The molecular formula is C76H123I2N13O16Si4. The van der Waals surface area contributed by atoms with E-state index in [0.717, 1.165) is 88.6 Å². The van der Waals surface area contributed by atoms with Gasteiger partial charge in [-0.2, -0.15) is 19.2 Å². The van der Waals surface area contributed by atoms with Crippen molar-refractivity contribution in [1.29, 1.82) is 0 Å². The molecule has 2 aliphatic carbocycles. The van der Waals surface area contributed by atoms with Crippen LogP contribution in [0.4, 0.5) is 11.6 Å². The van der Waals surface area contributed by atoms with Crippen molar-refractivity contribution in [3.8, 4) is 33.8 Å². The molecular weight excluding hydrogens is 1720 g/mol. The molecule has 7 aromatic rings. The van der Waals surface area contributed by atoms with Gasteiger partial charge in [-0.1, -0.05) is 90.7 Å². The normalized spacial score (nSPS) is 17.6. The second-order valence-corrected chi connectivity index (χ2v) is 57.4. The molecule has 0 spiro atoms. The average Bonchev–Trinajstić information content (AvgIpc) is 1.68. The molecule has 2 aliphatic rings. The number of carbonyl (C=O) groups is 3. The van der Waals surface area contributed by atoms with Crippen LogP contribution in [-0.2, 0) is 66.4 Å². The van der Waals surface area contributed by atoms with Crippen molar-refractivity contribution >= 4 is 119 Å². The molecule has 0 atom stereocenters. The summed E-state index contributed by atoms with van der Waals surface area (Å²) in [6.07, 6.45) is 16.0. The molecule has 0 amide bonds. The van der Waals surface area contributed by atoms with E-state index in [-0.39, 0.29) is 55.2 Å². The quantitative estimate of drug-likeness (QED) is 0.00894. The minimum absolute atomic E-state index is 0. The summed E-state index contributed by atoms with van der Waals surface area (Å²) in [7, 11) is 1.15. The summed E-state index contributed by atoms with van der Waals surface area (Å²) in [4.78, 5) is 69.9. The highest BCUT2D eigenvalue weighted by molar-refractivity contribution is 14.1. The van der Waals surface area contributed by atoms with Crippen LogP contribution in [0.3, 0.4) is 0 Å². The van der Waals surface area contributed by atoms with Crippen LogP contribution < -0.4 is 16.0 Å². The van der Waals surface area contributed by atoms with E-state index in [4.69, 9.17) is 82.0 Å². The van der Waals surface area contributed by atoms with Crippen LogP contribution >= 0.6 is 45.2 Å². The molecule has 7 heterocycles. The smallest absolute Gasteiger partial charge is 0.338 e.